The number of benzene rings is 3. The average molecular weight is 441 g/mol. The van der Waals surface area contributed by atoms with E-state index in [2.05, 4.69) is 18.8 Å². The van der Waals surface area contributed by atoms with E-state index in [1.165, 1.54) is 38.5 Å². The molecule has 0 N–H and O–H groups in total. The predicted molar refractivity (Wildman–Crippen MR) is 134 cm³/mol. The summed E-state index contributed by atoms with van der Waals surface area (Å²) in [5.41, 5.74) is 2.25. The molecule has 3 heteroatoms. The Kier molecular flexibility index (Phi) is 10.1. The van der Waals surface area contributed by atoms with Crippen LogP contribution in [-0.2, 0) is 0 Å². The zero-order valence-corrected chi connectivity index (χ0v) is 19.4. The van der Waals surface area contributed by atoms with Crippen molar-refractivity contribution in [1.29, 1.82) is 0 Å². The zero-order valence-electron chi connectivity index (χ0n) is 19.4. The molecule has 3 aromatic rings. The quantitative estimate of drug-likeness (QED) is 0.135. The van der Waals surface area contributed by atoms with Crippen molar-refractivity contribution in [2.75, 3.05) is 6.61 Å². The number of hydrogen-bond acceptors (Lipinski definition) is 3. The van der Waals surface area contributed by atoms with Gasteiger partial charge >= 0.3 is 5.97 Å². The first-order chi connectivity index (χ1) is 16.2. The van der Waals surface area contributed by atoms with Crippen LogP contribution in [0.4, 0.5) is 0 Å². The van der Waals surface area contributed by atoms with E-state index in [1.807, 2.05) is 54.6 Å². The van der Waals surface area contributed by atoms with E-state index in [0.717, 1.165) is 29.9 Å². The number of para-hydroxylation sites is 1. The molecule has 0 unspecified atom stereocenters. The molecule has 0 fully saturated rings. The number of carbonyl (C=O) groups excluding carboxylic acids is 1. The molecule has 0 saturated heterocycles. The minimum Gasteiger partial charge on any atom is -0.494 e. The molecule has 0 spiro atoms. The van der Waals surface area contributed by atoms with Gasteiger partial charge in [0.05, 0.1) is 12.2 Å². The molecule has 0 amide bonds. The largest absolute Gasteiger partial charge is 0.494 e. The van der Waals surface area contributed by atoms with E-state index >= 15 is 0 Å². The van der Waals surface area contributed by atoms with Gasteiger partial charge in [-0.3, -0.25) is 0 Å². The maximum absolute atomic E-state index is 12.2. The Morgan fingerprint density at radius 3 is 1.88 bits per heavy atom. The van der Waals surface area contributed by atoms with Crippen LogP contribution in [-0.4, -0.2) is 12.6 Å². The van der Waals surface area contributed by atoms with Gasteiger partial charge in [0.2, 0.25) is 0 Å². The Morgan fingerprint density at radius 2 is 1.24 bits per heavy atom. The number of rotatable bonds is 11. The SMILES string of the molecule is CCCCCCCCCOc1ccc(C#Cc2ccc(C(=O)Oc3ccccc3)cc2)cc1. The molecular formula is C30H32O3. The maximum atomic E-state index is 12.2. The highest BCUT2D eigenvalue weighted by molar-refractivity contribution is 5.91. The summed E-state index contributed by atoms with van der Waals surface area (Å²) < 4.78 is 11.2. The summed E-state index contributed by atoms with van der Waals surface area (Å²) in [5, 5.41) is 0. The third-order valence-corrected chi connectivity index (χ3v) is 5.30. The van der Waals surface area contributed by atoms with Crippen LogP contribution in [0.25, 0.3) is 0 Å². The first kappa shape index (κ1) is 24.1. The highest BCUT2D eigenvalue weighted by atomic mass is 16.5. The standard InChI is InChI=1S/C30H32O3/c1-2-3-4-5-6-7-11-24-32-28-22-18-26(19-23-28)15-14-25-16-20-27(21-17-25)30(31)33-29-12-9-8-10-13-29/h8-10,12-13,16-23H,2-7,11,24H2,1H3. The maximum Gasteiger partial charge on any atom is 0.343 e. The monoisotopic (exact) mass is 440 g/mol. The van der Waals surface area contributed by atoms with Crippen LogP contribution in [0.5, 0.6) is 11.5 Å². The third kappa shape index (κ3) is 8.86. The molecule has 0 aromatic heterocycles. The smallest absolute Gasteiger partial charge is 0.343 e. The fraction of sp³-hybridized carbons (Fsp3) is 0.300. The highest BCUT2D eigenvalue weighted by Crippen LogP contribution is 2.14. The van der Waals surface area contributed by atoms with Gasteiger partial charge in [0.1, 0.15) is 11.5 Å². The van der Waals surface area contributed by atoms with E-state index in [4.69, 9.17) is 9.47 Å². The first-order valence-corrected chi connectivity index (χ1v) is 11.9. The summed E-state index contributed by atoms with van der Waals surface area (Å²) in [5.74, 6) is 7.32. The summed E-state index contributed by atoms with van der Waals surface area (Å²) in [6, 6.07) is 24.0. The van der Waals surface area contributed by atoms with Crippen molar-refractivity contribution >= 4 is 5.97 Å². The van der Waals surface area contributed by atoms with Crippen molar-refractivity contribution in [1.82, 2.24) is 0 Å². The van der Waals surface area contributed by atoms with Crippen LogP contribution in [0.3, 0.4) is 0 Å². The van der Waals surface area contributed by atoms with Crippen molar-refractivity contribution in [3.63, 3.8) is 0 Å². The molecule has 3 aromatic carbocycles. The second-order valence-corrected chi connectivity index (χ2v) is 8.02. The fourth-order valence-electron chi connectivity index (χ4n) is 3.37. The second kappa shape index (κ2) is 13.8. The highest BCUT2D eigenvalue weighted by Gasteiger charge is 2.07. The van der Waals surface area contributed by atoms with Crippen LogP contribution in [0, 0.1) is 11.8 Å². The van der Waals surface area contributed by atoms with Crippen LogP contribution >= 0.6 is 0 Å². The van der Waals surface area contributed by atoms with E-state index in [-0.39, 0.29) is 5.97 Å². The molecule has 0 aliphatic carbocycles. The van der Waals surface area contributed by atoms with Crippen LogP contribution in [0.1, 0.15) is 73.4 Å². The molecule has 0 atom stereocenters. The van der Waals surface area contributed by atoms with E-state index < -0.39 is 0 Å². The topological polar surface area (TPSA) is 35.5 Å². The van der Waals surface area contributed by atoms with Gasteiger partial charge in [-0.15, -0.1) is 0 Å². The van der Waals surface area contributed by atoms with Crippen molar-refractivity contribution in [3.05, 3.63) is 95.6 Å². The Labute approximate surface area is 197 Å². The molecule has 0 aliphatic heterocycles. The molecular weight excluding hydrogens is 408 g/mol. The molecule has 0 aliphatic rings. The van der Waals surface area contributed by atoms with E-state index in [1.54, 1.807) is 24.3 Å². The summed E-state index contributed by atoms with van der Waals surface area (Å²) >= 11 is 0. The van der Waals surface area contributed by atoms with Crippen LogP contribution < -0.4 is 9.47 Å². The van der Waals surface area contributed by atoms with Crippen LogP contribution in [0.2, 0.25) is 0 Å². The number of ether oxygens (including phenoxy) is 2. The van der Waals surface area contributed by atoms with Gasteiger partial charge in [-0.2, -0.15) is 0 Å². The zero-order chi connectivity index (χ0) is 23.1. The van der Waals surface area contributed by atoms with Gasteiger partial charge in [0.15, 0.2) is 0 Å². The van der Waals surface area contributed by atoms with Crippen molar-refractivity contribution in [3.8, 4) is 23.3 Å². The van der Waals surface area contributed by atoms with Gasteiger partial charge in [0, 0.05) is 11.1 Å². The van der Waals surface area contributed by atoms with Gasteiger partial charge in [-0.25, -0.2) is 4.79 Å². The molecule has 0 radical (unpaired) electrons. The summed E-state index contributed by atoms with van der Waals surface area (Å²) in [7, 11) is 0. The summed E-state index contributed by atoms with van der Waals surface area (Å²) in [6.45, 7) is 3.01. The van der Waals surface area contributed by atoms with Gasteiger partial charge in [0.25, 0.3) is 0 Å². The number of hydrogen-bond donors (Lipinski definition) is 0. The Morgan fingerprint density at radius 1 is 0.667 bits per heavy atom. The molecule has 0 saturated carbocycles. The lowest BCUT2D eigenvalue weighted by molar-refractivity contribution is 0.0735. The Balaban J connectivity index is 1.42. The number of esters is 1. The molecule has 0 heterocycles. The van der Waals surface area contributed by atoms with Gasteiger partial charge in [-0.05, 0) is 67.1 Å². The normalized spacial score (nSPS) is 10.2. The van der Waals surface area contributed by atoms with E-state index in [0.29, 0.717) is 11.3 Å². The van der Waals surface area contributed by atoms with Gasteiger partial charge < -0.3 is 9.47 Å². The van der Waals surface area contributed by atoms with Crippen LogP contribution in [0.15, 0.2) is 78.9 Å². The number of carbonyl (C=O) groups is 1. The van der Waals surface area contributed by atoms with Crippen molar-refractivity contribution in [2.24, 2.45) is 0 Å². The molecule has 33 heavy (non-hydrogen) atoms. The van der Waals surface area contributed by atoms with Gasteiger partial charge in [-0.1, -0.05) is 75.5 Å². The minimum absolute atomic E-state index is 0.382. The van der Waals surface area contributed by atoms with E-state index in [9.17, 15) is 4.79 Å². The lowest BCUT2D eigenvalue weighted by Crippen LogP contribution is -2.08. The molecule has 3 nitrogen and oxygen atoms in total. The molecule has 0 bridgehead atoms. The predicted octanol–water partition coefficient (Wildman–Crippen LogP) is 7.44. The average Bonchev–Trinajstić information content (AvgIpc) is 2.86. The third-order valence-electron chi connectivity index (χ3n) is 5.30. The molecule has 3 rings (SSSR count). The lowest BCUT2D eigenvalue weighted by Gasteiger charge is -2.06. The second-order valence-electron chi connectivity index (χ2n) is 8.02. The Hall–Kier alpha value is -3.51. The fourth-order valence-corrected chi connectivity index (χ4v) is 3.37. The minimum atomic E-state index is -0.382. The Bertz CT molecular complexity index is 1030. The van der Waals surface area contributed by atoms with Crippen molar-refractivity contribution < 1.29 is 14.3 Å². The summed E-state index contributed by atoms with van der Waals surface area (Å²) in [6.07, 6.45) is 8.96. The summed E-state index contributed by atoms with van der Waals surface area (Å²) in [4.78, 5) is 12.2. The van der Waals surface area contributed by atoms with Crippen molar-refractivity contribution in [2.45, 2.75) is 51.9 Å². The number of unbranched alkanes of at least 4 members (excludes halogenated alkanes) is 6. The molecule has 170 valence electrons. The first-order valence-electron chi connectivity index (χ1n) is 11.9. The lowest BCUT2D eigenvalue weighted by atomic mass is 10.1.